The molecule has 0 unspecified atom stereocenters. The predicted octanol–water partition coefficient (Wildman–Crippen LogP) is 3.91. The number of hydrogen-bond donors (Lipinski definition) is 2. The van der Waals surface area contributed by atoms with Gasteiger partial charge in [0.15, 0.2) is 0 Å². The van der Waals surface area contributed by atoms with Gasteiger partial charge in [0, 0.05) is 18.9 Å². The Morgan fingerprint density at radius 1 is 1.14 bits per heavy atom. The summed E-state index contributed by atoms with van der Waals surface area (Å²) in [5, 5.41) is 11.6. The Morgan fingerprint density at radius 2 is 1.89 bits per heavy atom. The van der Waals surface area contributed by atoms with Crippen LogP contribution in [0.3, 0.4) is 0 Å². The summed E-state index contributed by atoms with van der Waals surface area (Å²) in [5.41, 5.74) is 0.965. The lowest BCUT2D eigenvalue weighted by atomic mass is 9.77. The molecule has 1 aromatic rings. The highest BCUT2D eigenvalue weighted by molar-refractivity contribution is 5.67. The van der Waals surface area contributed by atoms with Crippen LogP contribution in [0.15, 0.2) is 42.5 Å². The number of nitrogens with one attached hydrogen (secondary N) is 1. The van der Waals surface area contributed by atoms with Crippen molar-refractivity contribution in [2.24, 2.45) is 11.8 Å². The maximum absolute atomic E-state index is 12.0. The van der Waals surface area contributed by atoms with Crippen LogP contribution >= 0.6 is 0 Å². The van der Waals surface area contributed by atoms with E-state index in [2.05, 4.69) is 17.5 Å². The van der Waals surface area contributed by atoms with E-state index in [9.17, 15) is 9.59 Å². The summed E-state index contributed by atoms with van der Waals surface area (Å²) in [6, 6.07) is 9.62. The zero-order chi connectivity index (χ0) is 19.8. The van der Waals surface area contributed by atoms with Crippen molar-refractivity contribution in [3.05, 3.63) is 48.0 Å². The van der Waals surface area contributed by atoms with Gasteiger partial charge in [0.05, 0.1) is 12.2 Å². The minimum atomic E-state index is -0.750. The average Bonchev–Trinajstić information content (AvgIpc) is 3.30. The lowest BCUT2D eigenvalue weighted by Crippen LogP contribution is -2.38. The molecule has 2 fully saturated rings. The highest BCUT2D eigenvalue weighted by Crippen LogP contribution is 2.44. The van der Waals surface area contributed by atoms with E-state index in [1.807, 2.05) is 30.3 Å². The molecule has 6 nitrogen and oxygen atoms in total. The smallest absolute Gasteiger partial charge is 0.407 e. The quantitative estimate of drug-likeness (QED) is 0.470. The van der Waals surface area contributed by atoms with Crippen molar-refractivity contribution in [1.29, 1.82) is 0 Å². The SMILES string of the molecule is O=C(O)CCC/C=C\C[C@@H]1[C@H](CNC(=O)OCc2ccccc2)[C@@H]2CC[C@H]1O2. The number of allylic oxidation sites excluding steroid dienone is 2. The number of ether oxygens (including phenoxy) is 2. The first-order chi connectivity index (χ1) is 13.6. The lowest BCUT2D eigenvalue weighted by Gasteiger charge is -2.27. The molecule has 2 aliphatic rings. The third-order valence-corrected chi connectivity index (χ3v) is 5.62. The van der Waals surface area contributed by atoms with Gasteiger partial charge >= 0.3 is 12.1 Å². The first-order valence-corrected chi connectivity index (χ1v) is 10.1. The van der Waals surface area contributed by atoms with Gasteiger partial charge < -0.3 is 19.9 Å². The molecule has 0 radical (unpaired) electrons. The molecule has 0 aromatic heterocycles. The van der Waals surface area contributed by atoms with Crippen LogP contribution < -0.4 is 5.32 Å². The largest absolute Gasteiger partial charge is 0.481 e. The van der Waals surface area contributed by atoms with E-state index in [1.54, 1.807) is 0 Å². The zero-order valence-electron chi connectivity index (χ0n) is 16.1. The van der Waals surface area contributed by atoms with Crippen molar-refractivity contribution in [3.63, 3.8) is 0 Å². The van der Waals surface area contributed by atoms with Crippen molar-refractivity contribution < 1.29 is 24.2 Å². The minimum absolute atomic E-state index is 0.208. The van der Waals surface area contributed by atoms with Crippen LogP contribution in [0.2, 0.25) is 0 Å². The standard InChI is InChI=1S/C22H29NO5/c24-21(25)11-7-2-1-6-10-17-18(20-13-12-19(17)28-20)14-23-22(26)27-15-16-8-4-3-5-9-16/h1,3-6,8-9,17-20H,2,7,10-15H2,(H,23,26)(H,24,25)/b6-1-/t17-,18+,19-,20+/m1/s1. The first kappa shape index (κ1) is 20.4. The van der Waals surface area contributed by atoms with Crippen LogP contribution in [0.25, 0.3) is 0 Å². The number of unbranched alkanes of at least 4 members (excludes halogenated alkanes) is 1. The van der Waals surface area contributed by atoms with Crippen LogP contribution in [-0.2, 0) is 20.9 Å². The summed E-state index contributed by atoms with van der Waals surface area (Å²) in [6.07, 6.45) is 8.97. The van der Waals surface area contributed by atoms with Crippen molar-refractivity contribution >= 4 is 12.1 Å². The van der Waals surface area contributed by atoms with E-state index >= 15 is 0 Å². The van der Waals surface area contributed by atoms with Gasteiger partial charge in [0.2, 0.25) is 0 Å². The Labute approximate surface area is 165 Å². The summed E-state index contributed by atoms with van der Waals surface area (Å²) in [5.74, 6) is -0.0595. The van der Waals surface area contributed by atoms with Gasteiger partial charge in [-0.25, -0.2) is 4.79 Å². The number of benzene rings is 1. The average molecular weight is 387 g/mol. The highest BCUT2D eigenvalue weighted by atomic mass is 16.5. The van der Waals surface area contributed by atoms with Gasteiger partial charge in [-0.15, -0.1) is 0 Å². The molecule has 6 heteroatoms. The summed E-state index contributed by atoms with van der Waals surface area (Å²) in [6.45, 7) is 0.828. The molecule has 28 heavy (non-hydrogen) atoms. The number of carbonyl (C=O) groups is 2. The van der Waals surface area contributed by atoms with Crippen LogP contribution in [-0.4, -0.2) is 35.9 Å². The fourth-order valence-electron chi connectivity index (χ4n) is 4.20. The number of alkyl carbamates (subject to hydrolysis) is 1. The number of carboxylic acid groups (broad SMARTS) is 1. The number of rotatable bonds is 10. The number of carboxylic acids is 1. The zero-order valence-corrected chi connectivity index (χ0v) is 16.1. The second-order valence-electron chi connectivity index (χ2n) is 7.55. The van der Waals surface area contributed by atoms with E-state index in [0.29, 0.717) is 24.8 Å². The third kappa shape index (κ3) is 5.83. The van der Waals surface area contributed by atoms with Crippen molar-refractivity contribution in [2.75, 3.05) is 6.54 Å². The van der Waals surface area contributed by atoms with E-state index in [4.69, 9.17) is 14.6 Å². The van der Waals surface area contributed by atoms with Gasteiger partial charge in [-0.05, 0) is 43.6 Å². The Morgan fingerprint density at radius 3 is 2.64 bits per heavy atom. The molecule has 0 saturated carbocycles. The Kier molecular flexibility index (Phi) is 7.48. The first-order valence-electron chi connectivity index (χ1n) is 10.1. The highest BCUT2D eigenvalue weighted by Gasteiger charge is 2.48. The monoisotopic (exact) mass is 387 g/mol. The molecule has 2 saturated heterocycles. The molecule has 2 bridgehead atoms. The van der Waals surface area contributed by atoms with E-state index in [0.717, 1.165) is 31.2 Å². The van der Waals surface area contributed by atoms with Gasteiger partial charge in [-0.1, -0.05) is 42.5 Å². The number of amides is 1. The fourth-order valence-corrected chi connectivity index (χ4v) is 4.20. The van der Waals surface area contributed by atoms with Gasteiger partial charge in [-0.2, -0.15) is 0 Å². The molecule has 0 aliphatic carbocycles. The van der Waals surface area contributed by atoms with Crippen molar-refractivity contribution in [1.82, 2.24) is 5.32 Å². The minimum Gasteiger partial charge on any atom is -0.481 e. The van der Waals surface area contributed by atoms with Crippen LogP contribution in [0.5, 0.6) is 0 Å². The van der Waals surface area contributed by atoms with Crippen molar-refractivity contribution in [2.45, 2.75) is 57.3 Å². The van der Waals surface area contributed by atoms with E-state index < -0.39 is 12.1 Å². The Balaban J connectivity index is 1.40. The molecule has 1 aromatic carbocycles. The van der Waals surface area contributed by atoms with Gasteiger partial charge in [0.1, 0.15) is 6.61 Å². The molecule has 0 spiro atoms. The summed E-state index contributed by atoms with van der Waals surface area (Å²) < 4.78 is 11.4. The number of carbonyl (C=O) groups excluding carboxylic acids is 1. The fraction of sp³-hybridized carbons (Fsp3) is 0.545. The third-order valence-electron chi connectivity index (χ3n) is 5.62. The molecule has 2 heterocycles. The maximum Gasteiger partial charge on any atom is 0.407 e. The van der Waals surface area contributed by atoms with E-state index in [1.165, 1.54) is 0 Å². The topological polar surface area (TPSA) is 84.9 Å². The second kappa shape index (κ2) is 10.3. The Bertz CT molecular complexity index is 675. The van der Waals surface area contributed by atoms with Gasteiger partial charge in [-0.3, -0.25) is 4.79 Å². The number of fused-ring (bicyclic) bond motifs is 2. The molecular weight excluding hydrogens is 358 g/mol. The Hall–Kier alpha value is -2.34. The lowest BCUT2D eigenvalue weighted by molar-refractivity contribution is -0.137. The van der Waals surface area contributed by atoms with Crippen LogP contribution in [0.4, 0.5) is 4.79 Å². The molecule has 152 valence electrons. The summed E-state index contributed by atoms with van der Waals surface area (Å²) in [4.78, 5) is 22.6. The van der Waals surface area contributed by atoms with E-state index in [-0.39, 0.29) is 25.2 Å². The molecule has 1 amide bonds. The van der Waals surface area contributed by atoms with Crippen LogP contribution in [0, 0.1) is 11.8 Å². The molecular formula is C22H29NO5. The molecule has 3 rings (SSSR count). The van der Waals surface area contributed by atoms with Crippen molar-refractivity contribution in [3.8, 4) is 0 Å². The van der Waals surface area contributed by atoms with Crippen LogP contribution in [0.1, 0.15) is 44.1 Å². The number of aliphatic carboxylic acids is 1. The second-order valence-corrected chi connectivity index (χ2v) is 7.55. The number of hydrogen-bond acceptors (Lipinski definition) is 4. The molecule has 2 aliphatic heterocycles. The predicted molar refractivity (Wildman–Crippen MR) is 105 cm³/mol. The maximum atomic E-state index is 12.0. The van der Waals surface area contributed by atoms with Gasteiger partial charge in [0.25, 0.3) is 0 Å². The normalized spacial score (nSPS) is 25.9. The molecule has 2 N–H and O–H groups in total. The molecule has 4 atom stereocenters. The summed E-state index contributed by atoms with van der Waals surface area (Å²) in [7, 11) is 0. The summed E-state index contributed by atoms with van der Waals surface area (Å²) >= 11 is 0.